The van der Waals surface area contributed by atoms with E-state index in [0.29, 0.717) is 18.8 Å². The van der Waals surface area contributed by atoms with Crippen molar-refractivity contribution in [3.05, 3.63) is 59.8 Å². The maximum Gasteiger partial charge on any atom is 0.191 e. The molecule has 0 saturated heterocycles. The molecule has 3 N–H and O–H groups in total. The number of methoxy groups -OCH3 is 2. The number of nitrogens with zero attached hydrogens (tertiary/aromatic N) is 1. The Balaban J connectivity index is 1.58. The first-order valence-corrected chi connectivity index (χ1v) is 8.45. The Hall–Kier alpha value is -3.15. The molecular weight excluding hydrogens is 328 g/mol. The predicted octanol–water partition coefficient (Wildman–Crippen LogP) is 3.05. The number of guanidine groups is 1. The fraction of sp³-hybridized carbons (Fsp3) is 0.250. The highest BCUT2D eigenvalue weighted by molar-refractivity contribution is 5.81. The fourth-order valence-corrected chi connectivity index (χ4v) is 2.80. The first-order chi connectivity index (χ1) is 12.7. The maximum absolute atomic E-state index is 5.34. The molecule has 6 nitrogen and oxygen atoms in total. The van der Waals surface area contributed by atoms with E-state index in [-0.39, 0.29) is 0 Å². The van der Waals surface area contributed by atoms with Crippen LogP contribution in [0.4, 0.5) is 0 Å². The van der Waals surface area contributed by atoms with Gasteiger partial charge in [0.2, 0.25) is 0 Å². The van der Waals surface area contributed by atoms with E-state index >= 15 is 0 Å². The minimum atomic E-state index is 0.632. The van der Waals surface area contributed by atoms with E-state index in [1.165, 1.54) is 5.39 Å². The summed E-state index contributed by atoms with van der Waals surface area (Å²) in [5.74, 6) is 2.17. The summed E-state index contributed by atoms with van der Waals surface area (Å²) in [6, 6.07) is 16.2. The highest BCUT2D eigenvalue weighted by Crippen LogP contribution is 2.27. The molecule has 0 bridgehead atoms. The summed E-state index contributed by atoms with van der Waals surface area (Å²) < 4.78 is 10.6. The molecule has 6 heteroatoms. The molecular formula is C20H24N4O2. The van der Waals surface area contributed by atoms with Crippen molar-refractivity contribution >= 4 is 16.9 Å². The molecule has 0 radical (unpaired) electrons. The van der Waals surface area contributed by atoms with Gasteiger partial charge in [-0.05, 0) is 35.2 Å². The Morgan fingerprint density at radius 2 is 1.73 bits per heavy atom. The zero-order chi connectivity index (χ0) is 18.4. The molecule has 0 unspecified atom stereocenters. The molecule has 0 aliphatic rings. The Labute approximate surface area is 153 Å². The zero-order valence-corrected chi connectivity index (χ0v) is 15.3. The van der Waals surface area contributed by atoms with Gasteiger partial charge >= 0.3 is 0 Å². The first kappa shape index (κ1) is 17.7. The van der Waals surface area contributed by atoms with Crippen LogP contribution in [0.2, 0.25) is 0 Å². The van der Waals surface area contributed by atoms with Gasteiger partial charge in [0.05, 0.1) is 20.8 Å². The van der Waals surface area contributed by atoms with Crippen LogP contribution in [0, 0.1) is 0 Å². The Kier molecular flexibility index (Phi) is 5.63. The molecule has 3 aromatic rings. The number of aromatic amines is 1. The second kappa shape index (κ2) is 8.29. The van der Waals surface area contributed by atoms with Gasteiger partial charge in [-0.3, -0.25) is 4.99 Å². The Morgan fingerprint density at radius 1 is 0.962 bits per heavy atom. The van der Waals surface area contributed by atoms with Crippen molar-refractivity contribution in [3.8, 4) is 11.5 Å². The number of aromatic nitrogens is 1. The summed E-state index contributed by atoms with van der Waals surface area (Å²) in [4.78, 5) is 7.67. The fourth-order valence-electron chi connectivity index (χ4n) is 2.80. The number of ether oxygens (including phenoxy) is 2. The number of benzene rings is 2. The van der Waals surface area contributed by atoms with Crippen LogP contribution in [0.25, 0.3) is 10.9 Å². The van der Waals surface area contributed by atoms with Gasteiger partial charge in [-0.15, -0.1) is 0 Å². The van der Waals surface area contributed by atoms with Gasteiger partial charge in [-0.1, -0.05) is 24.3 Å². The molecule has 0 amide bonds. The lowest BCUT2D eigenvalue weighted by atomic mass is 10.2. The Bertz CT molecular complexity index is 869. The van der Waals surface area contributed by atoms with Gasteiger partial charge in [0, 0.05) is 24.8 Å². The van der Waals surface area contributed by atoms with Crippen molar-refractivity contribution in [1.82, 2.24) is 15.6 Å². The molecule has 0 fully saturated rings. The highest BCUT2D eigenvalue weighted by atomic mass is 16.5. The van der Waals surface area contributed by atoms with E-state index < -0.39 is 0 Å². The van der Waals surface area contributed by atoms with Gasteiger partial charge in [0.1, 0.15) is 0 Å². The van der Waals surface area contributed by atoms with Crippen molar-refractivity contribution in [1.29, 1.82) is 0 Å². The van der Waals surface area contributed by atoms with Crippen LogP contribution in [-0.2, 0) is 13.1 Å². The monoisotopic (exact) mass is 352 g/mol. The zero-order valence-electron chi connectivity index (χ0n) is 15.3. The van der Waals surface area contributed by atoms with E-state index in [2.05, 4.69) is 38.8 Å². The van der Waals surface area contributed by atoms with E-state index in [4.69, 9.17) is 9.47 Å². The Morgan fingerprint density at radius 3 is 2.46 bits per heavy atom. The normalized spacial score (nSPS) is 11.4. The summed E-state index contributed by atoms with van der Waals surface area (Å²) in [6.07, 6.45) is 0. The third-order valence-corrected chi connectivity index (χ3v) is 4.16. The SMILES string of the molecule is CN=C(NCc1ccc(OC)c(OC)c1)NCc1cc2ccccc2[nH]1. The number of H-pyrrole nitrogens is 1. The van der Waals surface area contributed by atoms with Crippen molar-refractivity contribution < 1.29 is 9.47 Å². The lowest BCUT2D eigenvalue weighted by molar-refractivity contribution is 0.354. The summed E-state index contributed by atoms with van der Waals surface area (Å²) >= 11 is 0. The van der Waals surface area contributed by atoms with Gasteiger partial charge in [0.25, 0.3) is 0 Å². The van der Waals surface area contributed by atoms with Crippen LogP contribution in [0.3, 0.4) is 0 Å². The van der Waals surface area contributed by atoms with Crippen LogP contribution >= 0.6 is 0 Å². The number of fused-ring (bicyclic) bond motifs is 1. The van der Waals surface area contributed by atoms with Crippen molar-refractivity contribution in [2.45, 2.75) is 13.1 Å². The summed E-state index contributed by atoms with van der Waals surface area (Å²) in [5.41, 5.74) is 3.33. The van der Waals surface area contributed by atoms with E-state index in [9.17, 15) is 0 Å². The maximum atomic E-state index is 5.34. The molecule has 0 spiro atoms. The molecule has 0 aliphatic heterocycles. The third-order valence-electron chi connectivity index (χ3n) is 4.16. The molecule has 0 aliphatic carbocycles. The van der Waals surface area contributed by atoms with Crippen LogP contribution < -0.4 is 20.1 Å². The molecule has 3 rings (SSSR count). The average Bonchev–Trinajstić information content (AvgIpc) is 3.10. The van der Waals surface area contributed by atoms with Crippen LogP contribution in [0.5, 0.6) is 11.5 Å². The number of hydrogen-bond acceptors (Lipinski definition) is 3. The van der Waals surface area contributed by atoms with Gasteiger partial charge < -0.3 is 25.1 Å². The molecule has 1 aromatic heterocycles. The summed E-state index contributed by atoms with van der Waals surface area (Å²) in [6.45, 7) is 1.30. The number of hydrogen-bond donors (Lipinski definition) is 3. The van der Waals surface area contributed by atoms with E-state index in [1.54, 1.807) is 21.3 Å². The molecule has 0 atom stereocenters. The van der Waals surface area contributed by atoms with Gasteiger partial charge in [0.15, 0.2) is 17.5 Å². The van der Waals surface area contributed by atoms with Crippen molar-refractivity contribution in [2.24, 2.45) is 4.99 Å². The second-order valence-corrected chi connectivity index (χ2v) is 5.85. The molecule has 136 valence electrons. The topological polar surface area (TPSA) is 70.7 Å². The minimum Gasteiger partial charge on any atom is -0.493 e. The number of rotatable bonds is 6. The van der Waals surface area contributed by atoms with Crippen molar-refractivity contribution in [2.75, 3.05) is 21.3 Å². The standard InChI is InChI=1S/C20H24N4O2/c1-21-20(22-12-14-8-9-18(25-2)19(10-14)26-3)23-13-16-11-15-6-4-5-7-17(15)24-16/h4-11,24H,12-13H2,1-3H3,(H2,21,22,23). The largest absolute Gasteiger partial charge is 0.493 e. The second-order valence-electron chi connectivity index (χ2n) is 5.85. The van der Waals surface area contributed by atoms with E-state index in [0.717, 1.165) is 28.5 Å². The molecule has 0 saturated carbocycles. The number of nitrogens with one attached hydrogen (secondary N) is 3. The molecule has 1 heterocycles. The summed E-state index contributed by atoms with van der Waals surface area (Å²) in [7, 11) is 5.02. The molecule has 26 heavy (non-hydrogen) atoms. The van der Waals surface area contributed by atoms with E-state index in [1.807, 2.05) is 30.3 Å². The van der Waals surface area contributed by atoms with Gasteiger partial charge in [-0.2, -0.15) is 0 Å². The van der Waals surface area contributed by atoms with Crippen molar-refractivity contribution in [3.63, 3.8) is 0 Å². The first-order valence-electron chi connectivity index (χ1n) is 8.45. The minimum absolute atomic E-state index is 0.632. The predicted molar refractivity (Wildman–Crippen MR) is 105 cm³/mol. The highest BCUT2D eigenvalue weighted by Gasteiger charge is 2.06. The lowest BCUT2D eigenvalue weighted by Crippen LogP contribution is -2.36. The number of aliphatic imine (C=N–C) groups is 1. The van der Waals surface area contributed by atoms with Crippen LogP contribution in [-0.4, -0.2) is 32.2 Å². The number of para-hydroxylation sites is 1. The third kappa shape index (κ3) is 4.08. The average molecular weight is 352 g/mol. The smallest absolute Gasteiger partial charge is 0.191 e. The van der Waals surface area contributed by atoms with Crippen LogP contribution in [0.15, 0.2) is 53.5 Å². The summed E-state index contributed by atoms with van der Waals surface area (Å²) in [5, 5.41) is 7.83. The van der Waals surface area contributed by atoms with Crippen LogP contribution in [0.1, 0.15) is 11.3 Å². The van der Waals surface area contributed by atoms with Gasteiger partial charge in [-0.25, -0.2) is 0 Å². The quantitative estimate of drug-likeness (QED) is 0.471. The lowest BCUT2D eigenvalue weighted by Gasteiger charge is -2.13. The molecule has 2 aromatic carbocycles.